The van der Waals surface area contributed by atoms with Crippen molar-refractivity contribution in [3.05, 3.63) is 0 Å². The third-order valence-corrected chi connectivity index (χ3v) is 2.51. The Morgan fingerprint density at radius 2 is 1.62 bits per heavy atom. The topological polar surface area (TPSA) is 30.5 Å². The van der Waals surface area contributed by atoms with Crippen LogP contribution in [0.15, 0.2) is 0 Å². The van der Waals surface area contributed by atoms with Gasteiger partial charge in [-0.2, -0.15) is 0 Å². The first-order chi connectivity index (χ1) is 6.33. The summed E-state index contributed by atoms with van der Waals surface area (Å²) in [6, 6.07) is 0. The van der Waals surface area contributed by atoms with E-state index < -0.39 is 10.0 Å². The van der Waals surface area contributed by atoms with Crippen LogP contribution in [0.3, 0.4) is 0 Å². The Balaban J connectivity index is 0. The zero-order valence-electron chi connectivity index (χ0n) is 9.56. The first kappa shape index (κ1) is 15.6. The van der Waals surface area contributed by atoms with E-state index in [-0.39, 0.29) is 0 Å². The highest BCUT2D eigenvalue weighted by Gasteiger charge is 1.79. The fourth-order valence-electron chi connectivity index (χ4n) is 0.579. The quantitative estimate of drug-likeness (QED) is 0.500. The van der Waals surface area contributed by atoms with Crippen molar-refractivity contribution < 1.29 is 8.85 Å². The van der Waals surface area contributed by atoms with Gasteiger partial charge in [-0.25, -0.2) is 0 Å². The summed E-state index contributed by atoms with van der Waals surface area (Å²) in [4.78, 5) is 0. The molecule has 0 atom stereocenters. The number of rotatable bonds is 7. The number of nitrogens with one attached hydrogen (secondary N) is 1. The van der Waals surface area contributed by atoms with E-state index in [0.717, 1.165) is 19.8 Å². The molecule has 0 aliphatic rings. The lowest BCUT2D eigenvalue weighted by Gasteiger charge is -1.96. The van der Waals surface area contributed by atoms with E-state index in [1.807, 2.05) is 20.9 Å². The smallest absolute Gasteiger partial charge is 0.304 e. The Morgan fingerprint density at radius 1 is 1.08 bits per heavy atom. The minimum atomic E-state index is -0.589. The lowest BCUT2D eigenvalue weighted by molar-refractivity contribution is 0.240. The van der Waals surface area contributed by atoms with Gasteiger partial charge < -0.3 is 14.2 Å². The summed E-state index contributed by atoms with van der Waals surface area (Å²) in [7, 11) is 1.39. The summed E-state index contributed by atoms with van der Waals surface area (Å²) in [5, 5.41) is 3.07. The molecule has 3 nitrogen and oxygen atoms in total. The van der Waals surface area contributed by atoms with Gasteiger partial charge in [0.2, 0.25) is 0 Å². The summed E-state index contributed by atoms with van der Waals surface area (Å²) in [5.41, 5.74) is 0. The van der Waals surface area contributed by atoms with E-state index in [4.69, 9.17) is 8.85 Å². The summed E-state index contributed by atoms with van der Waals surface area (Å²) in [6.07, 6.45) is 2.59. The van der Waals surface area contributed by atoms with Gasteiger partial charge >= 0.3 is 10.0 Å². The van der Waals surface area contributed by atoms with Crippen LogP contribution in [0.2, 0.25) is 0 Å². The molecule has 1 N–H and O–H groups in total. The molecule has 0 spiro atoms. The van der Waals surface area contributed by atoms with E-state index in [9.17, 15) is 0 Å². The molecule has 0 aromatic carbocycles. The van der Waals surface area contributed by atoms with Crippen LogP contribution in [0, 0.1) is 0 Å². The molecule has 0 radical (unpaired) electrons. The molecule has 0 aliphatic heterocycles. The van der Waals surface area contributed by atoms with Crippen molar-refractivity contribution in [2.75, 3.05) is 26.8 Å². The van der Waals surface area contributed by atoms with E-state index in [1.165, 1.54) is 12.8 Å². The first-order valence-electron chi connectivity index (χ1n) is 5.13. The van der Waals surface area contributed by atoms with Gasteiger partial charge in [0.25, 0.3) is 0 Å². The lowest BCUT2D eigenvalue weighted by atomic mass is 10.3. The van der Waals surface area contributed by atoms with Crippen LogP contribution in [-0.2, 0) is 8.85 Å². The van der Waals surface area contributed by atoms with Crippen LogP contribution in [-0.4, -0.2) is 36.8 Å². The number of hydrogen-bond donors (Lipinski definition) is 1. The fraction of sp³-hybridized carbons (Fsp3) is 1.00. The fourth-order valence-corrected chi connectivity index (χ4v) is 1.03. The van der Waals surface area contributed by atoms with E-state index in [0.29, 0.717) is 0 Å². The maximum Gasteiger partial charge on any atom is 0.304 e. The molecule has 13 heavy (non-hydrogen) atoms. The van der Waals surface area contributed by atoms with Crippen molar-refractivity contribution in [1.29, 1.82) is 0 Å². The largest absolute Gasteiger partial charge is 0.399 e. The SMILES string of the molecule is CCCCNC.CCO[SiH2]OCC. The van der Waals surface area contributed by atoms with E-state index >= 15 is 0 Å². The molecule has 0 bridgehead atoms. The van der Waals surface area contributed by atoms with Gasteiger partial charge in [0.1, 0.15) is 0 Å². The van der Waals surface area contributed by atoms with Crippen LogP contribution in [0.4, 0.5) is 0 Å². The Hall–Kier alpha value is 0.0969. The Labute approximate surface area is 85.3 Å². The van der Waals surface area contributed by atoms with Crippen molar-refractivity contribution in [1.82, 2.24) is 5.32 Å². The zero-order chi connectivity index (χ0) is 10.4. The molecule has 0 fully saturated rings. The summed E-state index contributed by atoms with van der Waals surface area (Å²) in [5.74, 6) is 0. The highest BCUT2D eigenvalue weighted by Crippen LogP contribution is 1.79. The standard InChI is InChI=1S/C5H13N.C4H12O2Si/c1-3-4-5-6-2;1-3-5-7-6-4-2/h6H,3-5H2,1-2H3;3-4,7H2,1-2H3. The molecular formula is C9H25NO2Si. The molecule has 4 heteroatoms. The first-order valence-corrected chi connectivity index (χ1v) is 6.28. The summed E-state index contributed by atoms with van der Waals surface area (Å²) >= 11 is 0. The third kappa shape index (κ3) is 24.5. The Morgan fingerprint density at radius 3 is 1.85 bits per heavy atom. The molecule has 0 heterocycles. The molecule has 0 saturated heterocycles. The van der Waals surface area contributed by atoms with Gasteiger partial charge in [0, 0.05) is 13.2 Å². The maximum absolute atomic E-state index is 4.99. The molecule has 0 amide bonds. The lowest BCUT2D eigenvalue weighted by Crippen LogP contribution is -2.06. The second-order valence-corrected chi connectivity index (χ2v) is 3.61. The number of unbranched alkanes of at least 4 members (excludes halogenated alkanes) is 1. The van der Waals surface area contributed by atoms with Crippen LogP contribution in [0.5, 0.6) is 0 Å². The van der Waals surface area contributed by atoms with E-state index in [1.54, 1.807) is 0 Å². The van der Waals surface area contributed by atoms with Crippen molar-refractivity contribution >= 4 is 10.0 Å². The van der Waals surface area contributed by atoms with Gasteiger partial charge in [0.15, 0.2) is 0 Å². The predicted molar refractivity (Wildman–Crippen MR) is 60.6 cm³/mol. The zero-order valence-corrected chi connectivity index (χ0v) is 11.0. The monoisotopic (exact) mass is 207 g/mol. The minimum absolute atomic E-state index is 0.589. The maximum atomic E-state index is 4.99. The van der Waals surface area contributed by atoms with Crippen LogP contribution >= 0.6 is 0 Å². The van der Waals surface area contributed by atoms with Gasteiger partial charge in [0.05, 0.1) is 0 Å². The highest BCUT2D eigenvalue weighted by molar-refractivity contribution is 6.17. The van der Waals surface area contributed by atoms with E-state index in [2.05, 4.69) is 12.2 Å². The second-order valence-electron chi connectivity index (χ2n) is 2.56. The van der Waals surface area contributed by atoms with Crippen LogP contribution in [0.25, 0.3) is 0 Å². The molecule has 0 aliphatic carbocycles. The van der Waals surface area contributed by atoms with Crippen molar-refractivity contribution in [3.8, 4) is 0 Å². The Bertz CT molecular complexity index is 66.6. The predicted octanol–water partition coefficient (Wildman–Crippen LogP) is 1.06. The minimum Gasteiger partial charge on any atom is -0.399 e. The van der Waals surface area contributed by atoms with Gasteiger partial charge in [-0.05, 0) is 33.9 Å². The van der Waals surface area contributed by atoms with Crippen molar-refractivity contribution in [3.63, 3.8) is 0 Å². The summed E-state index contributed by atoms with van der Waals surface area (Å²) < 4.78 is 9.98. The number of hydrogen-bond acceptors (Lipinski definition) is 3. The second kappa shape index (κ2) is 18.0. The highest BCUT2D eigenvalue weighted by atomic mass is 28.3. The van der Waals surface area contributed by atoms with Gasteiger partial charge in [-0.15, -0.1) is 0 Å². The normalized spacial score (nSPS) is 9.23. The third-order valence-electron chi connectivity index (χ3n) is 1.36. The average Bonchev–Trinajstić information content (AvgIpc) is 2.17. The van der Waals surface area contributed by atoms with Crippen molar-refractivity contribution in [2.24, 2.45) is 0 Å². The molecule has 0 aromatic heterocycles. The summed E-state index contributed by atoms with van der Waals surface area (Å²) in [6.45, 7) is 8.91. The van der Waals surface area contributed by atoms with Gasteiger partial charge in [-0.3, -0.25) is 0 Å². The van der Waals surface area contributed by atoms with Crippen molar-refractivity contribution in [2.45, 2.75) is 33.6 Å². The van der Waals surface area contributed by atoms with Gasteiger partial charge in [-0.1, -0.05) is 13.3 Å². The molecule has 0 rings (SSSR count). The van der Waals surface area contributed by atoms with Crippen LogP contribution < -0.4 is 5.32 Å². The molecule has 0 saturated carbocycles. The molecule has 0 unspecified atom stereocenters. The Kier molecular flexibility index (Phi) is 21.6. The average molecular weight is 207 g/mol. The molecular weight excluding hydrogens is 182 g/mol. The van der Waals surface area contributed by atoms with Crippen LogP contribution in [0.1, 0.15) is 33.6 Å². The molecule has 0 aromatic rings. The molecule has 82 valence electrons.